The van der Waals surface area contributed by atoms with Gasteiger partial charge in [-0.05, 0) is 19.3 Å². The quantitative estimate of drug-likeness (QED) is 0.647. The molecule has 1 saturated carbocycles. The molecule has 14 heavy (non-hydrogen) atoms. The highest BCUT2D eigenvalue weighted by atomic mass is 16.5. The van der Waals surface area contributed by atoms with Crippen molar-refractivity contribution in [3.05, 3.63) is 0 Å². The van der Waals surface area contributed by atoms with E-state index in [4.69, 9.17) is 10.00 Å². The van der Waals surface area contributed by atoms with Crippen LogP contribution in [0.3, 0.4) is 0 Å². The summed E-state index contributed by atoms with van der Waals surface area (Å²) in [6, 6.07) is 2.39. The molecule has 2 aliphatic rings. The summed E-state index contributed by atoms with van der Waals surface area (Å²) in [5.74, 6) is 0. The third-order valence-corrected chi connectivity index (χ3v) is 3.15. The van der Waals surface area contributed by atoms with Crippen molar-refractivity contribution in [1.82, 2.24) is 4.90 Å². The van der Waals surface area contributed by atoms with Crippen LogP contribution in [0.2, 0.25) is 0 Å². The maximum atomic E-state index is 9.73. The van der Waals surface area contributed by atoms with E-state index in [9.17, 15) is 5.11 Å². The molecule has 1 heterocycles. The number of aliphatic hydroxyl groups is 1. The molecule has 1 aliphatic heterocycles. The van der Waals surface area contributed by atoms with Gasteiger partial charge >= 0.3 is 0 Å². The van der Waals surface area contributed by atoms with Crippen molar-refractivity contribution < 1.29 is 9.84 Å². The Morgan fingerprint density at radius 1 is 1.43 bits per heavy atom. The van der Waals surface area contributed by atoms with Gasteiger partial charge in [-0.15, -0.1) is 0 Å². The normalized spacial score (nSPS) is 39.6. The first-order valence-corrected chi connectivity index (χ1v) is 5.24. The fraction of sp³-hybridized carbons (Fsp3) is 0.900. The maximum Gasteiger partial charge on any atom is 0.156 e. The molecule has 1 N–H and O–H groups in total. The van der Waals surface area contributed by atoms with Crippen molar-refractivity contribution in [2.24, 2.45) is 0 Å². The van der Waals surface area contributed by atoms with Crippen LogP contribution in [0.5, 0.6) is 0 Å². The van der Waals surface area contributed by atoms with E-state index in [0.717, 1.165) is 25.8 Å². The van der Waals surface area contributed by atoms with E-state index in [2.05, 4.69) is 11.0 Å². The number of hydrogen-bond donors (Lipinski definition) is 1. The molecule has 1 aliphatic carbocycles. The van der Waals surface area contributed by atoms with Gasteiger partial charge in [0.25, 0.3) is 0 Å². The zero-order valence-electron chi connectivity index (χ0n) is 8.22. The highest BCUT2D eigenvalue weighted by Crippen LogP contribution is 2.25. The monoisotopic (exact) mass is 196 g/mol. The van der Waals surface area contributed by atoms with Gasteiger partial charge in [0.05, 0.1) is 18.8 Å². The summed E-state index contributed by atoms with van der Waals surface area (Å²) in [5, 5.41) is 18.5. The Morgan fingerprint density at radius 2 is 2.29 bits per heavy atom. The fourth-order valence-corrected chi connectivity index (χ4v) is 2.40. The number of nitriles is 1. The molecular weight excluding hydrogens is 180 g/mol. The van der Waals surface area contributed by atoms with E-state index in [0.29, 0.717) is 13.2 Å². The van der Waals surface area contributed by atoms with Crippen LogP contribution in [0.15, 0.2) is 0 Å². The SMILES string of the molecule is N#CC1CN([C@H]2CCC[C@@H]2O)CCO1. The molecular formula is C10H16N2O2. The number of aliphatic hydroxyl groups excluding tert-OH is 1. The van der Waals surface area contributed by atoms with Crippen LogP contribution in [0, 0.1) is 11.3 Å². The number of hydrogen-bond acceptors (Lipinski definition) is 4. The molecule has 0 aromatic carbocycles. The van der Waals surface area contributed by atoms with Gasteiger partial charge in [-0.2, -0.15) is 5.26 Å². The smallest absolute Gasteiger partial charge is 0.156 e. The first-order chi connectivity index (χ1) is 6.81. The third kappa shape index (κ3) is 1.90. The van der Waals surface area contributed by atoms with E-state index in [1.807, 2.05) is 0 Å². The van der Waals surface area contributed by atoms with Crippen molar-refractivity contribution in [2.75, 3.05) is 19.7 Å². The number of ether oxygens (including phenoxy) is 1. The van der Waals surface area contributed by atoms with Gasteiger partial charge in [0, 0.05) is 19.1 Å². The first kappa shape index (κ1) is 9.91. The Kier molecular flexibility index (Phi) is 3.02. The third-order valence-electron chi connectivity index (χ3n) is 3.15. The van der Waals surface area contributed by atoms with E-state index < -0.39 is 0 Å². The average Bonchev–Trinajstić information content (AvgIpc) is 2.65. The molecule has 1 unspecified atom stereocenters. The minimum atomic E-state index is -0.309. The lowest BCUT2D eigenvalue weighted by Gasteiger charge is -2.35. The summed E-state index contributed by atoms with van der Waals surface area (Å²) < 4.78 is 5.27. The van der Waals surface area contributed by atoms with Crippen molar-refractivity contribution in [3.63, 3.8) is 0 Å². The molecule has 0 amide bonds. The summed E-state index contributed by atoms with van der Waals surface area (Å²) in [7, 11) is 0. The van der Waals surface area contributed by atoms with E-state index >= 15 is 0 Å². The molecule has 0 spiro atoms. The molecule has 3 atom stereocenters. The molecule has 0 bridgehead atoms. The highest BCUT2D eigenvalue weighted by Gasteiger charge is 2.33. The zero-order valence-corrected chi connectivity index (χ0v) is 8.22. The van der Waals surface area contributed by atoms with Crippen molar-refractivity contribution in [3.8, 4) is 6.07 Å². The Labute approximate surface area is 84.1 Å². The highest BCUT2D eigenvalue weighted by molar-refractivity contribution is 4.94. The van der Waals surface area contributed by atoms with Crippen LogP contribution in [0.1, 0.15) is 19.3 Å². The maximum absolute atomic E-state index is 9.73. The predicted molar refractivity (Wildman–Crippen MR) is 50.6 cm³/mol. The molecule has 1 saturated heterocycles. The molecule has 0 aromatic heterocycles. The number of rotatable bonds is 1. The van der Waals surface area contributed by atoms with Gasteiger partial charge in [0.15, 0.2) is 6.10 Å². The Bertz CT molecular complexity index is 239. The zero-order chi connectivity index (χ0) is 9.97. The van der Waals surface area contributed by atoms with E-state index in [1.165, 1.54) is 0 Å². The van der Waals surface area contributed by atoms with Crippen LogP contribution in [0.4, 0.5) is 0 Å². The topological polar surface area (TPSA) is 56.5 Å². The second-order valence-corrected chi connectivity index (χ2v) is 4.05. The Morgan fingerprint density at radius 3 is 2.93 bits per heavy atom. The minimum absolute atomic E-state index is 0.201. The number of nitrogens with zero attached hydrogens (tertiary/aromatic N) is 2. The lowest BCUT2D eigenvalue weighted by Crippen LogP contribution is -2.49. The minimum Gasteiger partial charge on any atom is -0.391 e. The summed E-state index contributed by atoms with van der Waals surface area (Å²) >= 11 is 0. The molecule has 0 aromatic rings. The van der Waals surface area contributed by atoms with Crippen LogP contribution in [-0.2, 0) is 4.74 Å². The first-order valence-electron chi connectivity index (χ1n) is 5.24. The average molecular weight is 196 g/mol. The molecule has 4 nitrogen and oxygen atoms in total. The molecule has 4 heteroatoms. The summed E-state index contributed by atoms with van der Waals surface area (Å²) in [5.41, 5.74) is 0. The van der Waals surface area contributed by atoms with Crippen molar-refractivity contribution >= 4 is 0 Å². The van der Waals surface area contributed by atoms with Gasteiger partial charge in [-0.3, -0.25) is 4.90 Å². The lowest BCUT2D eigenvalue weighted by atomic mass is 10.1. The van der Waals surface area contributed by atoms with Crippen LogP contribution in [0.25, 0.3) is 0 Å². The van der Waals surface area contributed by atoms with Gasteiger partial charge in [0.2, 0.25) is 0 Å². The number of morpholine rings is 1. The lowest BCUT2D eigenvalue weighted by molar-refractivity contribution is -0.0370. The Balaban J connectivity index is 1.94. The van der Waals surface area contributed by atoms with Gasteiger partial charge in [-0.1, -0.05) is 0 Å². The van der Waals surface area contributed by atoms with Crippen molar-refractivity contribution in [1.29, 1.82) is 5.26 Å². The predicted octanol–water partition coefficient (Wildman–Crippen LogP) is 0.124. The molecule has 0 radical (unpaired) electrons. The van der Waals surface area contributed by atoms with Crippen molar-refractivity contribution in [2.45, 2.75) is 37.5 Å². The standard InChI is InChI=1S/C10H16N2O2/c11-6-8-7-12(4-5-14-8)9-2-1-3-10(9)13/h8-10,13H,1-5,7H2/t8?,9-,10-/m0/s1. The molecule has 2 rings (SSSR count). The fourth-order valence-electron chi connectivity index (χ4n) is 2.40. The van der Waals surface area contributed by atoms with E-state index in [1.54, 1.807) is 0 Å². The van der Waals surface area contributed by atoms with Crippen LogP contribution < -0.4 is 0 Å². The van der Waals surface area contributed by atoms with Gasteiger partial charge in [-0.25, -0.2) is 0 Å². The van der Waals surface area contributed by atoms with Crippen LogP contribution in [-0.4, -0.2) is 48.0 Å². The largest absolute Gasteiger partial charge is 0.391 e. The molecule has 2 fully saturated rings. The second-order valence-electron chi connectivity index (χ2n) is 4.05. The second kappa shape index (κ2) is 4.26. The Hall–Kier alpha value is -0.630. The van der Waals surface area contributed by atoms with Gasteiger partial charge < -0.3 is 9.84 Å². The summed E-state index contributed by atoms with van der Waals surface area (Å²) in [4.78, 5) is 2.20. The van der Waals surface area contributed by atoms with Crippen LogP contribution >= 0.6 is 0 Å². The summed E-state index contributed by atoms with van der Waals surface area (Å²) in [6.45, 7) is 2.11. The molecule has 78 valence electrons. The van der Waals surface area contributed by atoms with Gasteiger partial charge in [0.1, 0.15) is 0 Å². The van der Waals surface area contributed by atoms with E-state index in [-0.39, 0.29) is 18.2 Å². The summed E-state index contributed by atoms with van der Waals surface area (Å²) in [6.07, 6.45) is 2.54.